The van der Waals surface area contributed by atoms with Crippen molar-refractivity contribution in [1.29, 1.82) is 0 Å². The number of fused-ring (bicyclic) bond motifs is 1. The van der Waals surface area contributed by atoms with Crippen LogP contribution in [0.15, 0.2) is 18.3 Å². The molecule has 1 aromatic rings. The molecule has 2 saturated heterocycles. The van der Waals surface area contributed by atoms with Gasteiger partial charge in [-0.1, -0.05) is 0 Å². The van der Waals surface area contributed by atoms with E-state index in [2.05, 4.69) is 4.98 Å². The average Bonchev–Trinajstić information content (AvgIpc) is 3.17. The Morgan fingerprint density at radius 1 is 1.52 bits per heavy atom. The fourth-order valence-corrected chi connectivity index (χ4v) is 3.37. The number of methoxy groups -OCH3 is 1. The van der Waals surface area contributed by atoms with E-state index in [0.717, 1.165) is 0 Å². The molecule has 0 aliphatic carbocycles. The van der Waals surface area contributed by atoms with Crippen LogP contribution >= 0.6 is 12.4 Å². The molecule has 0 unspecified atom stereocenters. The fourth-order valence-electron chi connectivity index (χ4n) is 3.37. The molecule has 2 fully saturated rings. The summed E-state index contributed by atoms with van der Waals surface area (Å²) in [5, 5.41) is 0. The summed E-state index contributed by atoms with van der Waals surface area (Å²) in [6.07, 6.45) is 1.54. The number of carbonyl (C=O) groups excluding carboxylic acids is 2. The molecule has 0 bridgehead atoms. The molecule has 1 aromatic heterocycles. The number of nitrogens with two attached hydrogens (primary N) is 1. The van der Waals surface area contributed by atoms with Gasteiger partial charge in [0.25, 0.3) is 5.91 Å². The summed E-state index contributed by atoms with van der Waals surface area (Å²) < 4.78 is 15.9. The number of halogens is 1. The second kappa shape index (κ2) is 7.99. The molecule has 9 heteroatoms. The monoisotopic (exact) mass is 371 g/mol. The molecule has 0 spiro atoms. The van der Waals surface area contributed by atoms with Crippen LogP contribution in [-0.2, 0) is 14.3 Å². The van der Waals surface area contributed by atoms with Gasteiger partial charge in [-0.3, -0.25) is 9.59 Å². The second-order valence-corrected chi connectivity index (χ2v) is 6.03. The molecule has 2 aliphatic rings. The van der Waals surface area contributed by atoms with E-state index in [9.17, 15) is 9.59 Å². The normalized spacial score (nSPS) is 24.4. The van der Waals surface area contributed by atoms with Gasteiger partial charge in [-0.05, 0) is 12.1 Å². The summed E-state index contributed by atoms with van der Waals surface area (Å²) in [5.74, 6) is -0.263. The first-order valence-electron chi connectivity index (χ1n) is 7.85. The summed E-state index contributed by atoms with van der Waals surface area (Å²) in [5.41, 5.74) is 4.89. The summed E-state index contributed by atoms with van der Waals surface area (Å²) in [6, 6.07) is 3.39. The van der Waals surface area contributed by atoms with Crippen LogP contribution in [0.1, 0.15) is 10.5 Å². The van der Waals surface area contributed by atoms with Crippen LogP contribution in [0.3, 0.4) is 0 Å². The zero-order valence-electron chi connectivity index (χ0n) is 14.0. The molecule has 2 atom stereocenters. The van der Waals surface area contributed by atoms with Gasteiger partial charge in [0.1, 0.15) is 12.0 Å². The van der Waals surface area contributed by atoms with E-state index in [4.69, 9.17) is 19.9 Å². The van der Waals surface area contributed by atoms with Crippen molar-refractivity contribution < 1.29 is 23.8 Å². The SMILES string of the molecule is COC(=O)[C@@]12COC[C@@H]1CN(C(=O)c1ncccc1OCCN)C2.Cl. The van der Waals surface area contributed by atoms with E-state index < -0.39 is 5.41 Å². The van der Waals surface area contributed by atoms with Crippen molar-refractivity contribution in [2.45, 2.75) is 0 Å². The Morgan fingerprint density at radius 3 is 3.04 bits per heavy atom. The molecule has 0 radical (unpaired) electrons. The third kappa shape index (κ3) is 3.42. The summed E-state index contributed by atoms with van der Waals surface area (Å²) in [6.45, 7) is 2.05. The zero-order chi connectivity index (χ0) is 17.2. The van der Waals surface area contributed by atoms with Crippen LogP contribution in [0, 0.1) is 11.3 Å². The topological polar surface area (TPSA) is 104 Å². The Balaban J connectivity index is 0.00000225. The van der Waals surface area contributed by atoms with E-state index in [1.807, 2.05) is 0 Å². The van der Waals surface area contributed by atoms with Crippen LogP contribution in [0.25, 0.3) is 0 Å². The maximum atomic E-state index is 12.9. The lowest BCUT2D eigenvalue weighted by atomic mass is 9.81. The smallest absolute Gasteiger partial charge is 0.316 e. The highest BCUT2D eigenvalue weighted by molar-refractivity contribution is 5.96. The highest BCUT2D eigenvalue weighted by Gasteiger charge is 2.58. The molecule has 2 aliphatic heterocycles. The Hall–Kier alpha value is -1.90. The van der Waals surface area contributed by atoms with Gasteiger partial charge in [-0.2, -0.15) is 0 Å². The first-order chi connectivity index (χ1) is 11.6. The number of aromatic nitrogens is 1. The number of pyridine rings is 1. The number of esters is 1. The number of rotatable bonds is 5. The summed E-state index contributed by atoms with van der Waals surface area (Å²) in [7, 11) is 1.36. The lowest BCUT2D eigenvalue weighted by molar-refractivity contribution is -0.153. The van der Waals surface area contributed by atoms with Gasteiger partial charge in [-0.15, -0.1) is 12.4 Å². The largest absolute Gasteiger partial charge is 0.490 e. The maximum absolute atomic E-state index is 12.9. The van der Waals surface area contributed by atoms with E-state index in [1.165, 1.54) is 7.11 Å². The standard InChI is InChI=1S/C16H21N3O5.ClH/c1-22-15(21)16-9-19(7-11(16)8-23-10-16)14(20)13-12(24-6-4-17)3-2-5-18-13;/h2-3,5,11H,4,6-10,17H2,1H3;1H/t11-,16-;/m0./s1. The minimum Gasteiger partial charge on any atom is -0.490 e. The number of carbonyl (C=O) groups is 2. The van der Waals surface area contributed by atoms with Crippen LogP contribution in [-0.4, -0.2) is 68.3 Å². The van der Waals surface area contributed by atoms with Crippen LogP contribution in [0.5, 0.6) is 5.75 Å². The maximum Gasteiger partial charge on any atom is 0.316 e. The van der Waals surface area contributed by atoms with Gasteiger partial charge in [0.15, 0.2) is 11.4 Å². The molecule has 2 N–H and O–H groups in total. The molecule has 0 saturated carbocycles. The quantitative estimate of drug-likeness (QED) is 0.732. The molecule has 8 nitrogen and oxygen atoms in total. The Morgan fingerprint density at radius 2 is 2.32 bits per heavy atom. The van der Waals surface area contributed by atoms with Gasteiger partial charge < -0.3 is 24.8 Å². The van der Waals surface area contributed by atoms with Crippen LogP contribution in [0.2, 0.25) is 0 Å². The lowest BCUT2D eigenvalue weighted by Gasteiger charge is -2.24. The van der Waals surface area contributed by atoms with Gasteiger partial charge >= 0.3 is 5.97 Å². The van der Waals surface area contributed by atoms with Gasteiger partial charge in [-0.25, -0.2) is 4.98 Å². The van der Waals surface area contributed by atoms with Crippen molar-refractivity contribution in [2.75, 3.05) is 46.6 Å². The van der Waals surface area contributed by atoms with Crippen molar-refractivity contribution in [3.63, 3.8) is 0 Å². The summed E-state index contributed by atoms with van der Waals surface area (Å²) >= 11 is 0. The number of amides is 1. The van der Waals surface area contributed by atoms with Crippen molar-refractivity contribution in [2.24, 2.45) is 17.1 Å². The molecule has 138 valence electrons. The number of hydrogen-bond acceptors (Lipinski definition) is 7. The van der Waals surface area contributed by atoms with Crippen molar-refractivity contribution in [3.05, 3.63) is 24.0 Å². The Kier molecular flexibility index (Phi) is 6.21. The van der Waals surface area contributed by atoms with E-state index in [-0.39, 0.29) is 49.0 Å². The Labute approximate surface area is 152 Å². The van der Waals surface area contributed by atoms with E-state index in [1.54, 1.807) is 23.2 Å². The van der Waals surface area contributed by atoms with Crippen LogP contribution in [0.4, 0.5) is 0 Å². The first-order valence-corrected chi connectivity index (χ1v) is 7.85. The predicted octanol–water partition coefficient (Wildman–Crippen LogP) is 0.103. The minimum absolute atomic E-state index is 0. The molecular weight excluding hydrogens is 350 g/mol. The van der Waals surface area contributed by atoms with Crippen molar-refractivity contribution in [3.8, 4) is 5.75 Å². The van der Waals surface area contributed by atoms with Crippen molar-refractivity contribution in [1.82, 2.24) is 9.88 Å². The number of likely N-dealkylation sites (tertiary alicyclic amines) is 1. The van der Waals surface area contributed by atoms with E-state index in [0.29, 0.717) is 32.1 Å². The highest BCUT2D eigenvalue weighted by atomic mass is 35.5. The molecule has 0 aromatic carbocycles. The second-order valence-electron chi connectivity index (χ2n) is 6.03. The highest BCUT2D eigenvalue weighted by Crippen LogP contribution is 2.42. The summed E-state index contributed by atoms with van der Waals surface area (Å²) in [4.78, 5) is 30.9. The van der Waals surface area contributed by atoms with Crippen molar-refractivity contribution >= 4 is 24.3 Å². The first kappa shape index (κ1) is 19.4. The number of nitrogens with zero attached hydrogens (tertiary/aromatic N) is 2. The number of hydrogen-bond donors (Lipinski definition) is 1. The molecule has 3 rings (SSSR count). The molecule has 1 amide bonds. The predicted molar refractivity (Wildman–Crippen MR) is 90.7 cm³/mol. The third-order valence-corrected chi connectivity index (χ3v) is 4.60. The Bertz CT molecular complexity index is 644. The molecule has 3 heterocycles. The minimum atomic E-state index is -0.780. The van der Waals surface area contributed by atoms with Gasteiger partial charge in [0.2, 0.25) is 0 Å². The number of ether oxygens (including phenoxy) is 3. The molecular formula is C16H22ClN3O5. The fraction of sp³-hybridized carbons (Fsp3) is 0.562. The lowest BCUT2D eigenvalue weighted by Crippen LogP contribution is -2.41. The molecule has 25 heavy (non-hydrogen) atoms. The van der Waals surface area contributed by atoms with Gasteiger partial charge in [0, 0.05) is 31.7 Å². The zero-order valence-corrected chi connectivity index (χ0v) is 14.8. The average molecular weight is 372 g/mol. The van der Waals surface area contributed by atoms with E-state index >= 15 is 0 Å². The van der Waals surface area contributed by atoms with Crippen LogP contribution < -0.4 is 10.5 Å². The third-order valence-electron chi connectivity index (χ3n) is 4.60. The van der Waals surface area contributed by atoms with Gasteiger partial charge in [0.05, 0.1) is 20.3 Å².